The van der Waals surface area contributed by atoms with Crippen LogP contribution < -0.4 is 10.4 Å². The molecule has 0 saturated carbocycles. The van der Waals surface area contributed by atoms with Gasteiger partial charge in [0.15, 0.2) is 5.82 Å². The van der Waals surface area contributed by atoms with Crippen LogP contribution in [0.3, 0.4) is 0 Å². The lowest BCUT2D eigenvalue weighted by atomic mass is 9.87. The maximum Gasteiger partial charge on any atom is 0.155 e. The summed E-state index contributed by atoms with van der Waals surface area (Å²) in [6.45, 7) is 4.87. The Hall–Kier alpha value is -7.11. The second kappa shape index (κ2) is 15.2. The van der Waals surface area contributed by atoms with Crippen LogP contribution >= 0.6 is 22.7 Å². The highest BCUT2D eigenvalue weighted by Gasteiger charge is 2.19. The van der Waals surface area contributed by atoms with E-state index in [9.17, 15) is 0 Å². The predicted octanol–water partition coefficient (Wildman–Crippen LogP) is 13.8. The smallest absolute Gasteiger partial charge is 0.155 e. The van der Waals surface area contributed by atoms with Gasteiger partial charge in [-0.1, -0.05) is 158 Å². The van der Waals surface area contributed by atoms with Crippen molar-refractivity contribution in [2.75, 3.05) is 0 Å². The molecule has 0 radical (unpaired) electrons. The molecular formula is C56H38N2S2. The highest BCUT2D eigenvalue weighted by Crippen LogP contribution is 2.41. The van der Waals surface area contributed by atoms with Gasteiger partial charge in [-0.05, 0) is 126 Å². The van der Waals surface area contributed by atoms with Gasteiger partial charge in [0.1, 0.15) is 0 Å². The Balaban J connectivity index is 1.06. The molecule has 3 heterocycles. The third-order valence-electron chi connectivity index (χ3n) is 11.5. The van der Waals surface area contributed by atoms with Crippen molar-refractivity contribution in [2.24, 2.45) is 0 Å². The quantitative estimate of drug-likeness (QED) is 0.164. The Morgan fingerprint density at radius 3 is 1.87 bits per heavy atom. The number of imidazole rings is 1. The minimum Gasteiger partial charge on any atom is -0.292 e. The molecule has 284 valence electrons. The standard InChI is InChI=1S/C56H38N2S2/c1-37-36-40(51-32-33-52(59-51)53-34-35-54(60-53)56-57-49-30-11-12-31-50(49)58(56)41-21-3-2-4-22-41)20-15-28-45(44-27-13-18-38-16-5-7-23-42(38)44)46-25-9-10-26-48(46)55(37)47-29-14-19-39-17-6-8-24-43(39)47/h2-27,29-36H,1,28H2/b20-15-,40-36+,46-45+,55-48?. The number of fused-ring (bicyclic) bond motifs is 4. The normalized spacial score (nSPS) is 15.6. The first-order valence-corrected chi connectivity index (χ1v) is 21.9. The Morgan fingerprint density at radius 1 is 0.500 bits per heavy atom. The van der Waals surface area contributed by atoms with Crippen molar-refractivity contribution in [3.8, 4) is 26.1 Å². The van der Waals surface area contributed by atoms with Gasteiger partial charge < -0.3 is 0 Å². The average Bonchev–Trinajstić information content (AvgIpc) is 4.08. The summed E-state index contributed by atoms with van der Waals surface area (Å²) < 4.78 is 2.28. The number of para-hydroxylation sites is 3. The lowest BCUT2D eigenvalue weighted by Crippen LogP contribution is -2.30. The zero-order valence-corrected chi connectivity index (χ0v) is 34.4. The topological polar surface area (TPSA) is 17.8 Å². The molecule has 0 atom stereocenters. The van der Waals surface area contributed by atoms with Crippen LogP contribution in [0.2, 0.25) is 0 Å². The van der Waals surface area contributed by atoms with E-state index in [0.717, 1.165) is 50.6 Å². The maximum atomic E-state index is 5.15. The van der Waals surface area contributed by atoms with E-state index in [1.807, 2.05) is 11.3 Å². The molecule has 4 heteroatoms. The van der Waals surface area contributed by atoms with Crippen molar-refractivity contribution in [3.63, 3.8) is 0 Å². The first-order chi connectivity index (χ1) is 29.7. The lowest BCUT2D eigenvalue weighted by Gasteiger charge is -2.17. The van der Waals surface area contributed by atoms with Gasteiger partial charge in [0.25, 0.3) is 0 Å². The van der Waals surface area contributed by atoms with Gasteiger partial charge in [-0.3, -0.25) is 4.57 Å². The van der Waals surface area contributed by atoms with E-state index in [4.69, 9.17) is 11.6 Å². The molecule has 0 saturated heterocycles. The molecule has 2 nitrogen and oxygen atoms in total. The second-order valence-corrected chi connectivity index (χ2v) is 17.3. The van der Waals surface area contributed by atoms with E-state index in [0.29, 0.717) is 0 Å². The molecule has 0 unspecified atom stereocenters. The summed E-state index contributed by atoms with van der Waals surface area (Å²) in [5, 5.41) is 7.34. The predicted molar refractivity (Wildman–Crippen MR) is 257 cm³/mol. The highest BCUT2D eigenvalue weighted by molar-refractivity contribution is 7.24. The van der Waals surface area contributed by atoms with Crippen LogP contribution in [0.15, 0.2) is 218 Å². The SMILES string of the molecule is C=C1/C=C(c2ccc(-c3ccc(-c4nc5ccccc5n4-c4ccccc4)s3)s2)\C=C/C/C(c2cccc3ccccc23)=c2/ccccc2=C1c1cccc2ccccc12. The van der Waals surface area contributed by atoms with E-state index in [1.54, 1.807) is 11.3 Å². The number of nitrogens with zero attached hydrogens (tertiary/aromatic N) is 2. The van der Waals surface area contributed by atoms with Crippen molar-refractivity contribution in [1.82, 2.24) is 9.55 Å². The van der Waals surface area contributed by atoms with Crippen LogP contribution in [-0.2, 0) is 0 Å². The van der Waals surface area contributed by atoms with Crippen molar-refractivity contribution in [3.05, 3.63) is 245 Å². The first-order valence-electron chi connectivity index (χ1n) is 20.3. The fourth-order valence-corrected chi connectivity index (χ4v) is 10.8. The molecular weight excluding hydrogens is 765 g/mol. The van der Waals surface area contributed by atoms with E-state index >= 15 is 0 Å². The molecule has 60 heavy (non-hydrogen) atoms. The van der Waals surface area contributed by atoms with Gasteiger partial charge in [-0.15, -0.1) is 22.7 Å². The first kappa shape index (κ1) is 36.0. The largest absolute Gasteiger partial charge is 0.292 e. The van der Waals surface area contributed by atoms with Gasteiger partial charge in [0.2, 0.25) is 0 Å². The zero-order valence-electron chi connectivity index (χ0n) is 32.8. The lowest BCUT2D eigenvalue weighted by molar-refractivity contribution is 1.11. The van der Waals surface area contributed by atoms with Crippen molar-refractivity contribution in [2.45, 2.75) is 6.42 Å². The molecule has 3 aromatic heterocycles. The summed E-state index contributed by atoms with van der Waals surface area (Å²) in [4.78, 5) is 9.93. The number of rotatable bonds is 6. The number of thiophene rings is 2. The monoisotopic (exact) mass is 802 g/mol. The Labute approximate surface area is 357 Å². The number of hydrogen-bond donors (Lipinski definition) is 0. The average molecular weight is 803 g/mol. The molecule has 7 aromatic carbocycles. The van der Waals surface area contributed by atoms with Gasteiger partial charge in [0, 0.05) is 20.3 Å². The summed E-state index contributed by atoms with van der Waals surface area (Å²) in [6.07, 6.45) is 7.72. The summed E-state index contributed by atoms with van der Waals surface area (Å²) >= 11 is 3.62. The maximum absolute atomic E-state index is 5.15. The van der Waals surface area contributed by atoms with Crippen LogP contribution in [-0.4, -0.2) is 9.55 Å². The molecule has 0 amide bonds. The van der Waals surface area contributed by atoms with Crippen LogP contribution in [0.4, 0.5) is 0 Å². The van der Waals surface area contributed by atoms with Crippen molar-refractivity contribution < 1.29 is 0 Å². The molecule has 10 aromatic rings. The van der Waals surface area contributed by atoms with Crippen LogP contribution in [0.25, 0.3) is 75.4 Å². The zero-order chi connectivity index (χ0) is 40.0. The van der Waals surface area contributed by atoms with Crippen LogP contribution in [0, 0.1) is 0 Å². The molecule has 0 N–H and O–H groups in total. The van der Waals surface area contributed by atoms with Gasteiger partial charge >= 0.3 is 0 Å². The van der Waals surface area contributed by atoms with Gasteiger partial charge in [-0.2, -0.15) is 0 Å². The molecule has 0 bridgehead atoms. The fraction of sp³-hybridized carbons (Fsp3) is 0.0179. The minimum absolute atomic E-state index is 0.770. The highest BCUT2D eigenvalue weighted by atomic mass is 32.1. The van der Waals surface area contributed by atoms with E-state index < -0.39 is 0 Å². The third kappa shape index (κ3) is 6.38. The molecule has 11 rings (SSSR count). The van der Waals surface area contributed by atoms with Crippen molar-refractivity contribution in [1.29, 1.82) is 0 Å². The molecule has 0 spiro atoms. The summed E-state index contributed by atoms with van der Waals surface area (Å²) in [6, 6.07) is 67.6. The number of hydrogen-bond acceptors (Lipinski definition) is 3. The third-order valence-corrected chi connectivity index (χ3v) is 13.9. The fourth-order valence-electron chi connectivity index (χ4n) is 8.76. The Bertz CT molecular complexity index is 3470. The van der Waals surface area contributed by atoms with Crippen LogP contribution in [0.5, 0.6) is 0 Å². The molecule has 0 aliphatic heterocycles. The summed E-state index contributed by atoms with van der Waals surface area (Å²) in [7, 11) is 0. The van der Waals surface area contributed by atoms with Gasteiger partial charge in [0.05, 0.1) is 15.9 Å². The second-order valence-electron chi connectivity index (χ2n) is 15.1. The number of aromatic nitrogens is 2. The van der Waals surface area contributed by atoms with E-state index in [-0.39, 0.29) is 0 Å². The van der Waals surface area contributed by atoms with Crippen molar-refractivity contribution >= 4 is 72.0 Å². The Kier molecular flexibility index (Phi) is 9.15. The number of allylic oxidation sites excluding steroid dienone is 5. The minimum atomic E-state index is 0.770. The summed E-state index contributed by atoms with van der Waals surface area (Å²) in [5.41, 5.74) is 10.2. The Morgan fingerprint density at radius 2 is 1.08 bits per heavy atom. The molecule has 1 aliphatic rings. The van der Waals surface area contributed by atoms with Crippen LogP contribution in [0.1, 0.15) is 22.4 Å². The van der Waals surface area contributed by atoms with E-state index in [1.165, 1.54) is 63.3 Å². The number of benzene rings is 7. The molecule has 1 aliphatic carbocycles. The molecule has 0 fully saturated rings. The summed E-state index contributed by atoms with van der Waals surface area (Å²) in [5.74, 6) is 0.958. The van der Waals surface area contributed by atoms with Gasteiger partial charge in [-0.25, -0.2) is 4.98 Å². The van der Waals surface area contributed by atoms with E-state index in [2.05, 4.69) is 211 Å².